The lowest BCUT2D eigenvalue weighted by Crippen LogP contribution is -1.69. The molecule has 1 saturated carbocycles. The van der Waals surface area contributed by atoms with E-state index in [1.54, 1.807) is 0 Å². The Bertz CT molecular complexity index is 35.3. The summed E-state index contributed by atoms with van der Waals surface area (Å²) in [7, 11) is 0. The Kier molecular flexibility index (Phi) is 1.13. The molecule has 0 spiro atoms. The van der Waals surface area contributed by atoms with Crippen LogP contribution >= 0.6 is 0 Å². The van der Waals surface area contributed by atoms with Gasteiger partial charge in [0.05, 0.1) is 0 Å². The van der Waals surface area contributed by atoms with Crippen molar-refractivity contribution in [3.05, 3.63) is 6.42 Å². The molecule has 1 aliphatic carbocycles. The first-order valence-corrected chi connectivity index (χ1v) is 2.71. The maximum Gasteiger partial charge on any atom is -0.0411 e. The van der Waals surface area contributed by atoms with Gasteiger partial charge in [0.2, 0.25) is 0 Å². The van der Waals surface area contributed by atoms with Gasteiger partial charge in [0, 0.05) is 0 Å². The van der Waals surface area contributed by atoms with Crippen LogP contribution in [0.3, 0.4) is 0 Å². The predicted octanol–water partition coefficient (Wildman–Crippen LogP) is 2.01. The summed E-state index contributed by atoms with van der Waals surface area (Å²) in [4.78, 5) is 0. The van der Waals surface area contributed by atoms with Gasteiger partial charge >= 0.3 is 0 Å². The van der Waals surface area contributed by atoms with Crippen LogP contribution in [0.1, 0.15) is 26.2 Å². The quantitative estimate of drug-likeness (QED) is 0.479. The first-order chi connectivity index (χ1) is 2.93. The number of hydrogen-bond donors (Lipinski definition) is 0. The van der Waals surface area contributed by atoms with Crippen molar-refractivity contribution in [2.24, 2.45) is 5.92 Å². The molecule has 1 fully saturated rings. The van der Waals surface area contributed by atoms with Crippen molar-refractivity contribution >= 4 is 0 Å². The molecule has 0 unspecified atom stereocenters. The van der Waals surface area contributed by atoms with Crippen LogP contribution in [-0.2, 0) is 0 Å². The van der Waals surface area contributed by atoms with Crippen molar-refractivity contribution in [1.82, 2.24) is 0 Å². The largest absolute Gasteiger partial charge is 0.0622 e. The summed E-state index contributed by atoms with van der Waals surface area (Å²) in [5.41, 5.74) is 0. The van der Waals surface area contributed by atoms with E-state index in [1.165, 1.54) is 19.3 Å². The molecule has 1 rings (SSSR count). The van der Waals surface area contributed by atoms with Gasteiger partial charge in [-0.05, 0) is 18.8 Å². The summed E-state index contributed by atoms with van der Waals surface area (Å²) in [6, 6.07) is 0. The third-order valence-electron chi connectivity index (χ3n) is 1.27. The fourth-order valence-corrected chi connectivity index (χ4v) is 0.687. The third-order valence-corrected chi connectivity index (χ3v) is 1.27. The average Bonchev–Trinajstić information content (AvgIpc) is 2.21. The fourth-order valence-electron chi connectivity index (χ4n) is 0.687. The molecule has 0 aliphatic heterocycles. The summed E-state index contributed by atoms with van der Waals surface area (Å²) >= 11 is 0. The van der Waals surface area contributed by atoms with Crippen molar-refractivity contribution < 1.29 is 0 Å². The van der Waals surface area contributed by atoms with Crippen molar-refractivity contribution in [1.29, 1.82) is 0 Å². The zero-order chi connectivity index (χ0) is 4.41. The highest BCUT2D eigenvalue weighted by molar-refractivity contribution is 4.77. The Labute approximate surface area is 39.6 Å². The van der Waals surface area contributed by atoms with Crippen LogP contribution in [0.25, 0.3) is 0 Å². The summed E-state index contributed by atoms with van der Waals surface area (Å²) in [6.45, 7) is 2.14. The second-order valence-corrected chi connectivity index (χ2v) is 2.09. The van der Waals surface area contributed by atoms with E-state index < -0.39 is 0 Å². The molecule has 0 amide bonds. The van der Waals surface area contributed by atoms with Gasteiger partial charge in [0.25, 0.3) is 0 Å². The van der Waals surface area contributed by atoms with Gasteiger partial charge in [-0.2, -0.15) is 0 Å². The minimum Gasteiger partial charge on any atom is -0.0622 e. The van der Waals surface area contributed by atoms with E-state index in [0.29, 0.717) is 0 Å². The molecule has 0 heterocycles. The Hall–Kier alpha value is 0. The molecule has 0 atom stereocenters. The minimum atomic E-state index is 1.09. The van der Waals surface area contributed by atoms with E-state index >= 15 is 0 Å². The zero-order valence-electron chi connectivity index (χ0n) is 4.28. The number of hydrogen-bond acceptors (Lipinski definition) is 0. The van der Waals surface area contributed by atoms with Crippen molar-refractivity contribution in [3.63, 3.8) is 0 Å². The fraction of sp³-hybridized carbons (Fsp3) is 0.833. The standard InChI is InChI=1S/C6H11/c1-2-3-6-4-5-6/h2,6H,3-5H2,1H3. The monoisotopic (exact) mass is 83.1 g/mol. The molecule has 6 heavy (non-hydrogen) atoms. The van der Waals surface area contributed by atoms with Gasteiger partial charge in [-0.1, -0.05) is 19.8 Å². The molecule has 0 saturated heterocycles. The van der Waals surface area contributed by atoms with Gasteiger partial charge in [-0.15, -0.1) is 0 Å². The van der Waals surface area contributed by atoms with Gasteiger partial charge in [0.1, 0.15) is 0 Å². The van der Waals surface area contributed by atoms with Crippen LogP contribution in [0.4, 0.5) is 0 Å². The Morgan fingerprint density at radius 3 is 2.50 bits per heavy atom. The van der Waals surface area contributed by atoms with Crippen LogP contribution in [0.15, 0.2) is 0 Å². The van der Waals surface area contributed by atoms with Crippen LogP contribution in [0.5, 0.6) is 0 Å². The summed E-state index contributed by atoms with van der Waals surface area (Å²) in [5, 5.41) is 0. The van der Waals surface area contributed by atoms with Gasteiger partial charge < -0.3 is 0 Å². The summed E-state index contributed by atoms with van der Waals surface area (Å²) in [6.07, 6.45) is 6.60. The second-order valence-electron chi connectivity index (χ2n) is 2.09. The van der Waals surface area contributed by atoms with E-state index in [4.69, 9.17) is 0 Å². The van der Waals surface area contributed by atoms with Gasteiger partial charge in [-0.25, -0.2) is 0 Å². The lowest BCUT2D eigenvalue weighted by Gasteiger charge is -1.82. The van der Waals surface area contributed by atoms with Crippen LogP contribution in [0, 0.1) is 12.3 Å². The topological polar surface area (TPSA) is 0 Å². The van der Waals surface area contributed by atoms with E-state index in [-0.39, 0.29) is 0 Å². The van der Waals surface area contributed by atoms with Crippen LogP contribution in [0.2, 0.25) is 0 Å². The smallest absolute Gasteiger partial charge is 0.0411 e. The van der Waals surface area contributed by atoms with Crippen LogP contribution in [-0.4, -0.2) is 0 Å². The van der Waals surface area contributed by atoms with Crippen molar-refractivity contribution in [2.75, 3.05) is 0 Å². The van der Waals surface area contributed by atoms with Crippen LogP contribution < -0.4 is 0 Å². The summed E-state index contributed by atoms with van der Waals surface area (Å²) < 4.78 is 0. The highest BCUT2D eigenvalue weighted by Gasteiger charge is 2.18. The average molecular weight is 83.2 g/mol. The SMILES string of the molecule is C[CH]CC1CC1. The predicted molar refractivity (Wildman–Crippen MR) is 27.3 cm³/mol. The number of rotatable bonds is 2. The van der Waals surface area contributed by atoms with Crippen molar-refractivity contribution in [2.45, 2.75) is 26.2 Å². The molecule has 0 aromatic carbocycles. The highest BCUT2D eigenvalue weighted by Crippen LogP contribution is 2.32. The highest BCUT2D eigenvalue weighted by atomic mass is 14.2. The molecule has 0 heteroatoms. The van der Waals surface area contributed by atoms with E-state index in [9.17, 15) is 0 Å². The molecule has 0 aromatic heterocycles. The van der Waals surface area contributed by atoms with E-state index in [1.807, 2.05) is 0 Å². The molecule has 1 radical (unpaired) electrons. The van der Waals surface area contributed by atoms with Gasteiger partial charge in [0.15, 0.2) is 0 Å². The Balaban J connectivity index is 1.88. The molecule has 35 valence electrons. The van der Waals surface area contributed by atoms with Crippen molar-refractivity contribution in [3.8, 4) is 0 Å². The minimum absolute atomic E-state index is 1.09. The first-order valence-electron chi connectivity index (χ1n) is 2.71. The molecule has 0 bridgehead atoms. The van der Waals surface area contributed by atoms with E-state index in [0.717, 1.165) is 5.92 Å². The maximum atomic E-state index is 2.26. The lowest BCUT2D eigenvalue weighted by molar-refractivity contribution is 0.815. The normalized spacial score (nSPS) is 21.5. The lowest BCUT2D eigenvalue weighted by atomic mass is 10.2. The maximum absolute atomic E-state index is 2.26. The third kappa shape index (κ3) is 1.00. The second kappa shape index (κ2) is 1.63. The zero-order valence-corrected chi connectivity index (χ0v) is 4.28. The Morgan fingerprint density at radius 1 is 1.67 bits per heavy atom. The first kappa shape index (κ1) is 4.17. The Morgan fingerprint density at radius 2 is 2.33 bits per heavy atom. The molecular weight excluding hydrogens is 72.1 g/mol. The molecule has 0 N–H and O–H groups in total. The summed E-state index contributed by atoms with van der Waals surface area (Å²) in [5.74, 6) is 1.09. The van der Waals surface area contributed by atoms with E-state index in [2.05, 4.69) is 13.3 Å². The molecule has 0 nitrogen and oxygen atoms in total. The molecule has 1 aliphatic rings. The molecular formula is C6H11. The molecule has 0 aromatic rings. The van der Waals surface area contributed by atoms with Gasteiger partial charge in [-0.3, -0.25) is 0 Å².